The molecule has 102 valence electrons. The number of hydrogen-bond acceptors (Lipinski definition) is 4. The smallest absolute Gasteiger partial charge is 0.227 e. The van der Waals surface area contributed by atoms with Crippen molar-refractivity contribution in [1.29, 1.82) is 0 Å². The lowest BCUT2D eigenvalue weighted by molar-refractivity contribution is -0.117. The summed E-state index contributed by atoms with van der Waals surface area (Å²) in [5, 5.41) is 2.94. The van der Waals surface area contributed by atoms with Gasteiger partial charge in [-0.25, -0.2) is 4.31 Å². The summed E-state index contributed by atoms with van der Waals surface area (Å²) in [5.41, 5.74) is 0.724. The van der Waals surface area contributed by atoms with E-state index in [2.05, 4.69) is 10.0 Å². The molecule has 19 heavy (non-hydrogen) atoms. The van der Waals surface area contributed by atoms with E-state index >= 15 is 0 Å². The zero-order chi connectivity index (χ0) is 13.7. The minimum absolute atomic E-state index is 0.0782. The van der Waals surface area contributed by atoms with Crippen LogP contribution in [-0.2, 0) is 15.1 Å². The topological polar surface area (TPSA) is 61.4 Å². The van der Waals surface area contributed by atoms with E-state index in [-0.39, 0.29) is 11.4 Å². The van der Waals surface area contributed by atoms with Crippen molar-refractivity contribution < 1.29 is 9.59 Å². The molecule has 1 saturated heterocycles. The monoisotopic (exact) mass is 279 g/mol. The van der Waals surface area contributed by atoms with Gasteiger partial charge in [0, 0.05) is 32.1 Å². The second kappa shape index (κ2) is 6.08. The van der Waals surface area contributed by atoms with Crippen molar-refractivity contribution in [2.45, 2.75) is 18.9 Å². The number of benzene rings is 1. The molecule has 0 spiro atoms. The van der Waals surface area contributed by atoms with Crippen LogP contribution in [0.5, 0.6) is 0 Å². The summed E-state index contributed by atoms with van der Waals surface area (Å²) in [5.74, 6) is -0.0782. The third-order valence-electron chi connectivity index (χ3n) is 3.21. The third kappa shape index (κ3) is 3.27. The van der Waals surface area contributed by atoms with Crippen LogP contribution in [0.1, 0.15) is 18.9 Å². The standard InChI is InChI=1S/C13H17N3O2S/c1-11(18)15-19-16-8-7-13(9-16,14-10-17)12-5-3-2-4-6-12/h2-6,10H,7-9H2,1H3,(H,14,17)(H,15,18). The van der Waals surface area contributed by atoms with E-state index in [4.69, 9.17) is 0 Å². The SMILES string of the molecule is CC(=O)NSN1CCC(NC=O)(c2ccccc2)C1. The fourth-order valence-electron chi connectivity index (χ4n) is 2.29. The Morgan fingerprint density at radius 2 is 2.16 bits per heavy atom. The first-order chi connectivity index (χ1) is 9.16. The van der Waals surface area contributed by atoms with Crippen LogP contribution in [0.15, 0.2) is 30.3 Å². The van der Waals surface area contributed by atoms with Crippen molar-refractivity contribution in [3.05, 3.63) is 35.9 Å². The molecule has 1 unspecified atom stereocenters. The van der Waals surface area contributed by atoms with Gasteiger partial charge in [0.05, 0.1) is 5.54 Å². The summed E-state index contributed by atoms with van der Waals surface area (Å²) < 4.78 is 4.75. The molecule has 0 bridgehead atoms. The number of nitrogens with zero attached hydrogens (tertiary/aromatic N) is 1. The summed E-state index contributed by atoms with van der Waals surface area (Å²) in [6, 6.07) is 9.92. The number of rotatable bonds is 5. The molecule has 5 nitrogen and oxygen atoms in total. The fraction of sp³-hybridized carbons (Fsp3) is 0.385. The summed E-state index contributed by atoms with van der Waals surface area (Å²) >= 11 is 1.29. The van der Waals surface area contributed by atoms with Gasteiger partial charge in [0.25, 0.3) is 0 Å². The van der Waals surface area contributed by atoms with Crippen LogP contribution in [0.4, 0.5) is 0 Å². The highest BCUT2D eigenvalue weighted by Crippen LogP contribution is 2.34. The Kier molecular flexibility index (Phi) is 4.44. The molecule has 1 aliphatic rings. The molecule has 2 N–H and O–H groups in total. The Hall–Kier alpha value is -1.53. The molecule has 1 atom stereocenters. The van der Waals surface area contributed by atoms with Gasteiger partial charge in [-0.15, -0.1) is 0 Å². The van der Waals surface area contributed by atoms with Gasteiger partial charge in [-0.1, -0.05) is 30.3 Å². The molecule has 1 fully saturated rings. The Morgan fingerprint density at radius 1 is 1.42 bits per heavy atom. The second-order valence-corrected chi connectivity index (χ2v) is 5.48. The van der Waals surface area contributed by atoms with Crippen molar-refractivity contribution in [1.82, 2.24) is 14.3 Å². The maximum atomic E-state index is 10.9. The van der Waals surface area contributed by atoms with Crippen LogP contribution in [0.25, 0.3) is 0 Å². The van der Waals surface area contributed by atoms with E-state index in [1.165, 1.54) is 19.1 Å². The zero-order valence-corrected chi connectivity index (χ0v) is 11.6. The molecule has 6 heteroatoms. The van der Waals surface area contributed by atoms with Crippen LogP contribution in [-0.4, -0.2) is 29.7 Å². The quantitative estimate of drug-likeness (QED) is 0.624. The van der Waals surface area contributed by atoms with Gasteiger partial charge in [0.15, 0.2) is 0 Å². The highest BCUT2D eigenvalue weighted by molar-refractivity contribution is 7.95. The second-order valence-electron chi connectivity index (χ2n) is 4.57. The Bertz CT molecular complexity index is 454. The van der Waals surface area contributed by atoms with Crippen molar-refractivity contribution >= 4 is 24.5 Å². The van der Waals surface area contributed by atoms with Crippen LogP contribution >= 0.6 is 12.1 Å². The summed E-state index contributed by atoms with van der Waals surface area (Å²) in [4.78, 5) is 21.8. The molecule has 1 aromatic carbocycles. The molecule has 0 saturated carbocycles. The lowest BCUT2D eigenvalue weighted by Crippen LogP contribution is -2.43. The van der Waals surface area contributed by atoms with Gasteiger partial charge in [-0.3, -0.25) is 14.3 Å². The molecule has 0 aromatic heterocycles. The van der Waals surface area contributed by atoms with Crippen LogP contribution in [0.3, 0.4) is 0 Å². The van der Waals surface area contributed by atoms with Gasteiger partial charge in [0.1, 0.15) is 0 Å². The summed E-state index contributed by atoms with van der Waals surface area (Å²) in [6.45, 7) is 2.96. The average molecular weight is 279 g/mol. The number of hydrogen-bond donors (Lipinski definition) is 2. The minimum atomic E-state index is -0.367. The third-order valence-corrected chi connectivity index (χ3v) is 4.16. The molecule has 1 aliphatic heterocycles. The van der Waals surface area contributed by atoms with Gasteiger partial charge in [0.2, 0.25) is 12.3 Å². The maximum absolute atomic E-state index is 10.9. The van der Waals surface area contributed by atoms with Crippen molar-refractivity contribution in [2.24, 2.45) is 0 Å². The highest BCUT2D eigenvalue weighted by Gasteiger charge is 2.39. The van der Waals surface area contributed by atoms with Gasteiger partial charge in [-0.05, 0) is 12.0 Å². The number of carbonyl (C=O) groups is 2. The average Bonchev–Trinajstić information content (AvgIpc) is 2.83. The Balaban J connectivity index is 2.10. The highest BCUT2D eigenvalue weighted by atomic mass is 32.2. The molecule has 1 aromatic rings. The lowest BCUT2D eigenvalue weighted by atomic mass is 9.89. The van der Waals surface area contributed by atoms with Crippen LogP contribution < -0.4 is 10.0 Å². The first-order valence-electron chi connectivity index (χ1n) is 6.12. The summed E-state index contributed by atoms with van der Waals surface area (Å²) in [7, 11) is 0. The Labute approximate surface area is 117 Å². The molecule has 2 amide bonds. The van der Waals surface area contributed by atoms with Gasteiger partial charge in [-0.2, -0.15) is 0 Å². The molecule has 1 heterocycles. The number of carbonyl (C=O) groups excluding carboxylic acids is 2. The molecular formula is C13H17N3O2S. The zero-order valence-electron chi connectivity index (χ0n) is 10.8. The van der Waals surface area contributed by atoms with Crippen molar-refractivity contribution in [2.75, 3.05) is 13.1 Å². The predicted octanol–water partition coefficient (Wildman–Crippen LogP) is 1.03. The largest absolute Gasteiger partial charge is 0.348 e. The van der Waals surface area contributed by atoms with E-state index in [9.17, 15) is 9.59 Å². The van der Waals surface area contributed by atoms with E-state index < -0.39 is 0 Å². The molecular weight excluding hydrogens is 262 g/mol. The first-order valence-corrected chi connectivity index (χ1v) is 6.89. The minimum Gasteiger partial charge on any atom is -0.348 e. The van der Waals surface area contributed by atoms with E-state index in [0.29, 0.717) is 6.54 Å². The molecule has 0 aliphatic carbocycles. The van der Waals surface area contributed by atoms with Gasteiger partial charge < -0.3 is 5.32 Å². The number of amides is 2. The molecule has 2 rings (SSSR count). The lowest BCUT2D eigenvalue weighted by Gasteiger charge is -2.29. The normalized spacial score (nSPS) is 23.0. The van der Waals surface area contributed by atoms with E-state index in [1.807, 2.05) is 34.6 Å². The van der Waals surface area contributed by atoms with Gasteiger partial charge >= 0.3 is 0 Å². The van der Waals surface area contributed by atoms with Crippen molar-refractivity contribution in [3.63, 3.8) is 0 Å². The maximum Gasteiger partial charge on any atom is 0.227 e. The number of nitrogens with one attached hydrogen (secondary N) is 2. The van der Waals surface area contributed by atoms with E-state index in [1.54, 1.807) is 0 Å². The van der Waals surface area contributed by atoms with Crippen molar-refractivity contribution in [3.8, 4) is 0 Å². The first kappa shape index (κ1) is 13.9. The fourth-order valence-corrected chi connectivity index (χ4v) is 3.01. The van der Waals surface area contributed by atoms with Crippen LogP contribution in [0, 0.1) is 0 Å². The molecule has 0 radical (unpaired) electrons. The Morgan fingerprint density at radius 3 is 2.79 bits per heavy atom. The van der Waals surface area contributed by atoms with Crippen LogP contribution in [0.2, 0.25) is 0 Å². The van der Waals surface area contributed by atoms with E-state index in [0.717, 1.165) is 24.9 Å². The predicted molar refractivity (Wildman–Crippen MR) is 74.9 cm³/mol. The summed E-state index contributed by atoms with van der Waals surface area (Å²) in [6.07, 6.45) is 1.57.